The van der Waals surface area contributed by atoms with Gasteiger partial charge in [0.2, 0.25) is 11.8 Å². The van der Waals surface area contributed by atoms with Crippen LogP contribution >= 0.6 is 0 Å². The minimum absolute atomic E-state index is 0.0317. The zero-order valence-corrected chi connectivity index (χ0v) is 16.1. The van der Waals surface area contributed by atoms with Crippen LogP contribution in [0.15, 0.2) is 54.6 Å². The molecule has 2 fully saturated rings. The second-order valence-electron chi connectivity index (χ2n) is 7.68. The van der Waals surface area contributed by atoms with Crippen LogP contribution in [0.25, 0.3) is 0 Å². The van der Waals surface area contributed by atoms with Crippen molar-refractivity contribution >= 4 is 17.5 Å². The minimum Gasteiger partial charge on any atom is -0.352 e. The lowest BCUT2D eigenvalue weighted by atomic mass is 10.1. The molecule has 4 rings (SSSR count). The van der Waals surface area contributed by atoms with E-state index in [4.69, 9.17) is 0 Å². The van der Waals surface area contributed by atoms with Gasteiger partial charge in [-0.2, -0.15) is 0 Å². The summed E-state index contributed by atoms with van der Waals surface area (Å²) in [4.78, 5) is 26.7. The summed E-state index contributed by atoms with van der Waals surface area (Å²) < 4.78 is 0. The maximum atomic E-state index is 12.7. The summed E-state index contributed by atoms with van der Waals surface area (Å²) >= 11 is 0. The topological polar surface area (TPSA) is 61.4 Å². The zero-order valence-electron chi connectivity index (χ0n) is 16.1. The van der Waals surface area contributed by atoms with Crippen LogP contribution < -0.4 is 15.5 Å². The summed E-state index contributed by atoms with van der Waals surface area (Å²) in [6.45, 7) is 1.39. The van der Waals surface area contributed by atoms with Crippen molar-refractivity contribution in [1.82, 2.24) is 10.6 Å². The molecule has 0 spiro atoms. The second-order valence-corrected chi connectivity index (χ2v) is 7.68. The molecule has 0 aromatic heterocycles. The predicted molar refractivity (Wildman–Crippen MR) is 110 cm³/mol. The van der Waals surface area contributed by atoms with Crippen molar-refractivity contribution in [2.75, 3.05) is 11.4 Å². The van der Waals surface area contributed by atoms with Crippen molar-refractivity contribution in [2.24, 2.45) is 0 Å². The molecule has 5 heteroatoms. The first kappa shape index (κ1) is 18.7. The molecule has 0 unspecified atom stereocenters. The average Bonchev–Trinajstić information content (AvgIpc) is 3.54. The second kappa shape index (κ2) is 8.57. The normalized spacial score (nSPS) is 18.0. The van der Waals surface area contributed by atoms with E-state index in [1.54, 1.807) is 0 Å². The van der Waals surface area contributed by atoms with E-state index in [0.29, 0.717) is 19.0 Å². The number of piperidine rings is 1. The van der Waals surface area contributed by atoms with Crippen LogP contribution in [0.1, 0.15) is 49.3 Å². The predicted octanol–water partition coefficient (Wildman–Crippen LogP) is 3.31. The zero-order chi connectivity index (χ0) is 19.3. The van der Waals surface area contributed by atoms with E-state index < -0.39 is 0 Å². The lowest BCUT2D eigenvalue weighted by Crippen LogP contribution is -2.38. The quantitative estimate of drug-likeness (QED) is 0.778. The molecule has 2 aromatic rings. The number of carbonyl (C=O) groups is 2. The summed E-state index contributed by atoms with van der Waals surface area (Å²) in [6, 6.07) is 17.9. The Morgan fingerprint density at radius 1 is 1.04 bits per heavy atom. The Hall–Kier alpha value is -2.66. The van der Waals surface area contributed by atoms with Gasteiger partial charge in [-0.05, 0) is 48.9 Å². The van der Waals surface area contributed by atoms with Gasteiger partial charge in [-0.3, -0.25) is 14.9 Å². The summed E-state index contributed by atoms with van der Waals surface area (Å²) in [7, 11) is 0. The Morgan fingerprint density at radius 3 is 2.46 bits per heavy atom. The summed E-state index contributed by atoms with van der Waals surface area (Å²) in [5, 5.41) is 6.50. The van der Waals surface area contributed by atoms with Crippen LogP contribution in [-0.2, 0) is 16.1 Å². The highest BCUT2D eigenvalue weighted by Gasteiger charge is 2.28. The molecule has 146 valence electrons. The Bertz CT molecular complexity index is 816. The highest BCUT2D eigenvalue weighted by atomic mass is 16.2. The number of carbonyl (C=O) groups excluding carboxylic acids is 2. The largest absolute Gasteiger partial charge is 0.352 e. The van der Waals surface area contributed by atoms with Crippen LogP contribution in [0.2, 0.25) is 0 Å². The third kappa shape index (κ3) is 4.60. The molecule has 5 nitrogen and oxygen atoms in total. The minimum atomic E-state index is -0.370. The van der Waals surface area contributed by atoms with Gasteiger partial charge in [-0.1, -0.05) is 42.5 Å². The highest BCUT2D eigenvalue weighted by Crippen LogP contribution is 2.23. The highest BCUT2D eigenvalue weighted by molar-refractivity contribution is 5.93. The fraction of sp³-hybridized carbons (Fsp3) is 0.391. The Balaban J connectivity index is 1.41. The molecule has 1 heterocycles. The maximum Gasteiger partial charge on any atom is 0.241 e. The van der Waals surface area contributed by atoms with Crippen molar-refractivity contribution in [1.29, 1.82) is 0 Å². The van der Waals surface area contributed by atoms with Gasteiger partial charge in [-0.15, -0.1) is 0 Å². The fourth-order valence-electron chi connectivity index (χ4n) is 3.61. The molecule has 1 saturated heterocycles. The van der Waals surface area contributed by atoms with Crippen LogP contribution in [0.3, 0.4) is 0 Å². The number of nitrogens with one attached hydrogen (secondary N) is 2. The van der Waals surface area contributed by atoms with Crippen LogP contribution in [0, 0.1) is 0 Å². The first-order valence-corrected chi connectivity index (χ1v) is 10.2. The third-order valence-electron chi connectivity index (χ3n) is 5.40. The lowest BCUT2D eigenvalue weighted by Gasteiger charge is -2.27. The van der Waals surface area contributed by atoms with Crippen molar-refractivity contribution in [3.8, 4) is 0 Å². The van der Waals surface area contributed by atoms with Gasteiger partial charge in [-0.25, -0.2) is 0 Å². The van der Waals surface area contributed by atoms with Crippen molar-refractivity contribution in [3.05, 3.63) is 65.7 Å². The molecule has 28 heavy (non-hydrogen) atoms. The SMILES string of the molecule is O=C(NC1CC1)[C@H](NCc1ccc(N2CCCCC2=O)cc1)c1ccccc1. The van der Waals surface area contributed by atoms with E-state index in [9.17, 15) is 9.59 Å². The van der Waals surface area contributed by atoms with Gasteiger partial charge in [0, 0.05) is 31.2 Å². The molecule has 2 aliphatic rings. The monoisotopic (exact) mass is 377 g/mol. The molecule has 0 radical (unpaired) electrons. The van der Waals surface area contributed by atoms with Gasteiger partial charge in [0.25, 0.3) is 0 Å². The Morgan fingerprint density at radius 2 is 1.79 bits per heavy atom. The summed E-state index contributed by atoms with van der Waals surface area (Å²) in [5.74, 6) is 0.238. The van der Waals surface area contributed by atoms with Crippen LogP contribution in [0.4, 0.5) is 5.69 Å². The molecule has 2 amide bonds. The van der Waals surface area contributed by atoms with Gasteiger partial charge in [0.05, 0.1) is 0 Å². The summed E-state index contributed by atoms with van der Waals surface area (Å²) in [6.07, 6.45) is 4.83. The van der Waals surface area contributed by atoms with E-state index in [2.05, 4.69) is 10.6 Å². The van der Waals surface area contributed by atoms with Crippen LogP contribution in [-0.4, -0.2) is 24.4 Å². The van der Waals surface area contributed by atoms with Crippen molar-refractivity contribution in [3.63, 3.8) is 0 Å². The number of amides is 2. The maximum absolute atomic E-state index is 12.7. The van der Waals surface area contributed by atoms with E-state index in [1.165, 1.54) is 0 Å². The van der Waals surface area contributed by atoms with E-state index in [0.717, 1.165) is 49.0 Å². The van der Waals surface area contributed by atoms with Gasteiger partial charge in [0.15, 0.2) is 0 Å². The number of anilines is 1. The average molecular weight is 377 g/mol. The fourth-order valence-corrected chi connectivity index (χ4v) is 3.61. The molecule has 1 aliphatic carbocycles. The number of hydrogen-bond acceptors (Lipinski definition) is 3. The van der Waals surface area contributed by atoms with Gasteiger partial charge in [0.1, 0.15) is 6.04 Å². The summed E-state index contributed by atoms with van der Waals surface area (Å²) in [5.41, 5.74) is 3.02. The van der Waals surface area contributed by atoms with E-state index in [1.807, 2.05) is 59.5 Å². The van der Waals surface area contributed by atoms with Crippen molar-refractivity contribution < 1.29 is 9.59 Å². The molecular formula is C23H27N3O2. The van der Waals surface area contributed by atoms with Crippen LogP contribution in [0.5, 0.6) is 0 Å². The third-order valence-corrected chi connectivity index (χ3v) is 5.40. The Kier molecular flexibility index (Phi) is 5.72. The molecule has 1 aliphatic heterocycles. The Labute approximate surface area is 166 Å². The molecule has 0 bridgehead atoms. The van der Waals surface area contributed by atoms with E-state index in [-0.39, 0.29) is 17.9 Å². The molecule has 1 saturated carbocycles. The number of benzene rings is 2. The van der Waals surface area contributed by atoms with Gasteiger partial charge < -0.3 is 10.2 Å². The molecule has 1 atom stereocenters. The number of nitrogens with zero attached hydrogens (tertiary/aromatic N) is 1. The molecular weight excluding hydrogens is 350 g/mol. The first-order chi connectivity index (χ1) is 13.7. The van der Waals surface area contributed by atoms with Crippen molar-refractivity contribution in [2.45, 2.75) is 50.7 Å². The number of hydrogen-bond donors (Lipinski definition) is 2. The van der Waals surface area contributed by atoms with Gasteiger partial charge >= 0.3 is 0 Å². The lowest BCUT2D eigenvalue weighted by molar-refractivity contribution is -0.123. The number of rotatable bonds is 7. The first-order valence-electron chi connectivity index (χ1n) is 10.2. The smallest absolute Gasteiger partial charge is 0.241 e. The molecule has 2 aromatic carbocycles. The molecule has 2 N–H and O–H groups in total. The van der Waals surface area contributed by atoms with E-state index >= 15 is 0 Å². The standard InChI is InChI=1S/C23H27N3O2/c27-21-8-4-5-15-26(21)20-13-9-17(10-14-20)16-24-22(18-6-2-1-3-7-18)23(28)25-19-11-12-19/h1-3,6-7,9-10,13-14,19,22,24H,4-5,8,11-12,15-16H2,(H,25,28)/t22-/m1/s1.